The third-order valence-electron chi connectivity index (χ3n) is 3.54. The minimum atomic E-state index is -0.644. The zero-order valence-electron chi connectivity index (χ0n) is 14.3. The van der Waals surface area contributed by atoms with Crippen molar-refractivity contribution in [1.29, 1.82) is 0 Å². The molecule has 0 aliphatic rings. The highest BCUT2D eigenvalue weighted by molar-refractivity contribution is 5.94. The molecule has 2 aromatic rings. The molecule has 0 spiro atoms. The van der Waals surface area contributed by atoms with E-state index >= 15 is 0 Å². The number of nitrogens with one attached hydrogen (secondary N) is 1. The summed E-state index contributed by atoms with van der Waals surface area (Å²) in [5, 5.41) is 2.72. The Balaban J connectivity index is 1.82. The molecule has 6 nitrogen and oxygen atoms in total. The summed E-state index contributed by atoms with van der Waals surface area (Å²) in [5.41, 5.74) is 1.33. The Morgan fingerprint density at radius 3 is 2.44 bits per heavy atom. The Labute approximate surface area is 146 Å². The Kier molecular flexibility index (Phi) is 6.83. The van der Waals surface area contributed by atoms with Crippen LogP contribution in [0.3, 0.4) is 0 Å². The fraction of sp³-hybridized carbons (Fsp3) is 0.263. The minimum absolute atomic E-state index is 0.207. The van der Waals surface area contributed by atoms with Crippen LogP contribution < -0.4 is 14.8 Å². The molecule has 1 N–H and O–H groups in total. The van der Waals surface area contributed by atoms with Gasteiger partial charge in [0, 0.05) is 6.54 Å². The summed E-state index contributed by atoms with van der Waals surface area (Å²) in [4.78, 5) is 24.0. The molecule has 0 fully saturated rings. The molecule has 0 heterocycles. The van der Waals surface area contributed by atoms with Crippen LogP contribution in [-0.2, 0) is 16.0 Å². The maximum atomic E-state index is 12.2. The molecule has 0 radical (unpaired) electrons. The van der Waals surface area contributed by atoms with E-state index in [0.717, 1.165) is 5.56 Å². The van der Waals surface area contributed by atoms with Crippen molar-refractivity contribution in [1.82, 2.24) is 5.32 Å². The van der Waals surface area contributed by atoms with Crippen molar-refractivity contribution in [3.8, 4) is 11.5 Å². The zero-order valence-corrected chi connectivity index (χ0v) is 14.3. The van der Waals surface area contributed by atoms with Crippen LogP contribution in [0.15, 0.2) is 48.5 Å². The number of rotatable bonds is 8. The molecule has 0 aromatic heterocycles. The molecule has 0 atom stereocenters. The number of carbonyl (C=O) groups excluding carboxylic acids is 2. The molecule has 0 unspecified atom stereocenters. The average Bonchev–Trinajstić information content (AvgIpc) is 2.66. The maximum absolute atomic E-state index is 12.2. The van der Waals surface area contributed by atoms with Gasteiger partial charge in [-0.1, -0.05) is 30.3 Å². The predicted octanol–water partition coefficient (Wildman–Crippen LogP) is 2.22. The largest absolute Gasteiger partial charge is 0.497 e. The summed E-state index contributed by atoms with van der Waals surface area (Å²) in [5.74, 6) is -0.143. The van der Waals surface area contributed by atoms with Crippen molar-refractivity contribution < 1.29 is 23.8 Å². The summed E-state index contributed by atoms with van der Waals surface area (Å²) in [6.07, 6.45) is 0.713. The molecule has 132 valence electrons. The van der Waals surface area contributed by atoms with E-state index in [1.807, 2.05) is 30.3 Å². The summed E-state index contributed by atoms with van der Waals surface area (Å²) < 4.78 is 15.3. The molecular weight excluding hydrogens is 322 g/mol. The van der Waals surface area contributed by atoms with Crippen LogP contribution in [0.1, 0.15) is 15.9 Å². The van der Waals surface area contributed by atoms with E-state index in [4.69, 9.17) is 14.2 Å². The second kappa shape index (κ2) is 9.32. The van der Waals surface area contributed by atoms with Crippen molar-refractivity contribution >= 4 is 11.9 Å². The van der Waals surface area contributed by atoms with E-state index in [1.165, 1.54) is 20.3 Å². The molecule has 1 amide bonds. The summed E-state index contributed by atoms with van der Waals surface area (Å²) in [7, 11) is 2.95. The number of amides is 1. The SMILES string of the molecule is COc1ccc(OC)c(C(=O)OCC(=O)NCCc2ccccc2)c1. The lowest BCUT2D eigenvalue weighted by atomic mass is 10.1. The van der Waals surface area contributed by atoms with Crippen molar-refractivity contribution in [2.75, 3.05) is 27.4 Å². The number of hydrogen-bond acceptors (Lipinski definition) is 5. The molecule has 0 saturated heterocycles. The Morgan fingerprint density at radius 2 is 1.76 bits per heavy atom. The van der Waals surface area contributed by atoms with Crippen LogP contribution in [0.5, 0.6) is 11.5 Å². The molecule has 2 aromatic carbocycles. The second-order valence-corrected chi connectivity index (χ2v) is 5.23. The monoisotopic (exact) mass is 343 g/mol. The van der Waals surface area contributed by atoms with Gasteiger partial charge < -0.3 is 19.5 Å². The van der Waals surface area contributed by atoms with E-state index < -0.39 is 5.97 Å². The van der Waals surface area contributed by atoms with Gasteiger partial charge in [-0.25, -0.2) is 4.79 Å². The van der Waals surface area contributed by atoms with Gasteiger partial charge in [0.25, 0.3) is 5.91 Å². The average molecular weight is 343 g/mol. The molecule has 0 bridgehead atoms. The van der Waals surface area contributed by atoms with Crippen molar-refractivity contribution in [3.63, 3.8) is 0 Å². The third kappa shape index (κ3) is 5.53. The van der Waals surface area contributed by atoms with Gasteiger partial charge in [-0.05, 0) is 30.2 Å². The molecule has 0 saturated carbocycles. The predicted molar refractivity (Wildman–Crippen MR) is 93.0 cm³/mol. The van der Waals surface area contributed by atoms with Gasteiger partial charge >= 0.3 is 5.97 Å². The maximum Gasteiger partial charge on any atom is 0.342 e. The lowest BCUT2D eigenvalue weighted by molar-refractivity contribution is -0.124. The Hall–Kier alpha value is -3.02. The van der Waals surface area contributed by atoms with Crippen LogP contribution in [0.4, 0.5) is 0 Å². The van der Waals surface area contributed by atoms with Gasteiger partial charge in [0.1, 0.15) is 17.1 Å². The fourth-order valence-electron chi connectivity index (χ4n) is 2.22. The first-order valence-electron chi connectivity index (χ1n) is 7.84. The number of ether oxygens (including phenoxy) is 3. The topological polar surface area (TPSA) is 73.9 Å². The molecule has 25 heavy (non-hydrogen) atoms. The van der Waals surface area contributed by atoms with Crippen molar-refractivity contribution in [2.45, 2.75) is 6.42 Å². The van der Waals surface area contributed by atoms with Crippen LogP contribution >= 0.6 is 0 Å². The lowest BCUT2D eigenvalue weighted by Gasteiger charge is -2.10. The van der Waals surface area contributed by atoms with E-state index in [-0.39, 0.29) is 18.1 Å². The third-order valence-corrected chi connectivity index (χ3v) is 3.54. The lowest BCUT2D eigenvalue weighted by Crippen LogP contribution is -2.30. The summed E-state index contributed by atoms with van der Waals surface area (Å²) >= 11 is 0. The minimum Gasteiger partial charge on any atom is -0.497 e. The second-order valence-electron chi connectivity index (χ2n) is 5.23. The first-order chi connectivity index (χ1) is 12.1. The smallest absolute Gasteiger partial charge is 0.342 e. The highest BCUT2D eigenvalue weighted by Crippen LogP contribution is 2.24. The first-order valence-corrected chi connectivity index (χ1v) is 7.84. The molecule has 6 heteroatoms. The molecule has 0 aliphatic heterocycles. The molecule has 2 rings (SSSR count). The Morgan fingerprint density at radius 1 is 1.00 bits per heavy atom. The van der Waals surface area contributed by atoms with E-state index in [1.54, 1.807) is 12.1 Å². The highest BCUT2D eigenvalue weighted by Gasteiger charge is 2.16. The van der Waals surface area contributed by atoms with Crippen LogP contribution in [0.2, 0.25) is 0 Å². The standard InChI is InChI=1S/C19H21NO5/c1-23-15-8-9-17(24-2)16(12-15)19(22)25-13-18(21)20-11-10-14-6-4-3-5-7-14/h3-9,12H,10-11,13H2,1-2H3,(H,20,21). The quantitative estimate of drug-likeness (QED) is 0.744. The van der Waals surface area contributed by atoms with Crippen molar-refractivity contribution in [3.05, 3.63) is 59.7 Å². The first kappa shape index (κ1) is 18.3. The van der Waals surface area contributed by atoms with Crippen LogP contribution in [-0.4, -0.2) is 39.2 Å². The number of benzene rings is 2. The van der Waals surface area contributed by atoms with Gasteiger partial charge in [-0.2, -0.15) is 0 Å². The number of esters is 1. The Bertz CT molecular complexity index is 715. The van der Waals surface area contributed by atoms with Gasteiger partial charge in [0.15, 0.2) is 6.61 Å². The normalized spacial score (nSPS) is 10.0. The fourth-order valence-corrected chi connectivity index (χ4v) is 2.22. The van der Waals surface area contributed by atoms with Crippen LogP contribution in [0, 0.1) is 0 Å². The van der Waals surface area contributed by atoms with Gasteiger partial charge in [0.2, 0.25) is 0 Å². The van der Waals surface area contributed by atoms with Crippen LogP contribution in [0.25, 0.3) is 0 Å². The highest BCUT2D eigenvalue weighted by atomic mass is 16.5. The van der Waals surface area contributed by atoms with E-state index in [2.05, 4.69) is 5.32 Å². The zero-order chi connectivity index (χ0) is 18.1. The van der Waals surface area contributed by atoms with E-state index in [9.17, 15) is 9.59 Å². The summed E-state index contributed by atoms with van der Waals surface area (Å²) in [6, 6.07) is 14.6. The van der Waals surface area contributed by atoms with Crippen molar-refractivity contribution in [2.24, 2.45) is 0 Å². The number of hydrogen-bond donors (Lipinski definition) is 1. The van der Waals surface area contributed by atoms with Gasteiger partial charge in [0.05, 0.1) is 14.2 Å². The van der Waals surface area contributed by atoms with Gasteiger partial charge in [-0.3, -0.25) is 4.79 Å². The van der Waals surface area contributed by atoms with E-state index in [0.29, 0.717) is 24.5 Å². The van der Waals surface area contributed by atoms with Gasteiger partial charge in [-0.15, -0.1) is 0 Å². The number of methoxy groups -OCH3 is 2. The molecular formula is C19H21NO5. The number of carbonyl (C=O) groups is 2. The molecule has 0 aliphatic carbocycles. The summed E-state index contributed by atoms with van der Waals surface area (Å²) in [6.45, 7) is 0.122.